The first kappa shape index (κ1) is 27.5. The molecule has 3 aromatic rings. The number of hydrogen-bond donors (Lipinski definition) is 1. The van der Waals surface area contributed by atoms with Crippen LogP contribution in [0.4, 0.5) is 5.69 Å². The van der Waals surface area contributed by atoms with E-state index >= 15 is 0 Å². The Kier molecular flexibility index (Phi) is 12.5. The van der Waals surface area contributed by atoms with E-state index in [9.17, 15) is 0 Å². The quantitative estimate of drug-likeness (QED) is 0.372. The molecule has 30 heavy (non-hydrogen) atoms. The van der Waals surface area contributed by atoms with Gasteiger partial charge in [0.25, 0.3) is 0 Å². The molecule has 3 aromatic carbocycles. The largest absolute Gasteiger partial charge is 0.399 e. The van der Waals surface area contributed by atoms with E-state index in [1.54, 1.807) is 0 Å². The maximum atomic E-state index is 5.43. The van der Waals surface area contributed by atoms with Crippen LogP contribution in [0, 0.1) is 6.92 Å². The molecule has 0 radical (unpaired) electrons. The fraction of sp³-hybridized carbons (Fsp3) is 0.379. The molecule has 2 N–H and O–H groups in total. The second-order valence-electron chi connectivity index (χ2n) is 9.14. The number of anilines is 1. The summed E-state index contributed by atoms with van der Waals surface area (Å²) < 4.78 is 0. The van der Waals surface area contributed by atoms with Crippen molar-refractivity contribution in [1.82, 2.24) is 0 Å². The maximum Gasteiger partial charge on any atom is 0.0314 e. The fourth-order valence-corrected chi connectivity index (χ4v) is 2.44. The van der Waals surface area contributed by atoms with Gasteiger partial charge < -0.3 is 5.73 Å². The molecule has 0 unspecified atom stereocenters. The molecular weight excluding hydrogens is 362 g/mol. The molecule has 0 aliphatic heterocycles. The van der Waals surface area contributed by atoms with Gasteiger partial charge in [0.1, 0.15) is 0 Å². The third-order valence-corrected chi connectivity index (χ3v) is 4.36. The molecule has 1 heteroatoms. The van der Waals surface area contributed by atoms with Crippen molar-refractivity contribution >= 4 is 5.69 Å². The summed E-state index contributed by atoms with van der Waals surface area (Å²) in [6.07, 6.45) is 0. The number of rotatable bonds is 0. The molecule has 0 aliphatic carbocycles. The molecule has 3 rings (SSSR count). The van der Waals surface area contributed by atoms with Crippen molar-refractivity contribution in [3.63, 3.8) is 0 Å². The van der Waals surface area contributed by atoms with Gasteiger partial charge >= 0.3 is 0 Å². The van der Waals surface area contributed by atoms with Crippen LogP contribution in [-0.4, -0.2) is 0 Å². The van der Waals surface area contributed by atoms with Gasteiger partial charge in [0.2, 0.25) is 0 Å². The normalized spacial score (nSPS) is 10.3. The van der Waals surface area contributed by atoms with E-state index in [-0.39, 0.29) is 0 Å². The Morgan fingerprint density at radius 2 is 0.800 bits per heavy atom. The van der Waals surface area contributed by atoms with Crippen molar-refractivity contribution in [1.29, 1.82) is 0 Å². The highest BCUT2D eigenvalue weighted by atomic mass is 14.5. The number of hydrogen-bond acceptors (Lipinski definition) is 1. The Balaban J connectivity index is 0.000000406. The number of nitrogen functional groups attached to an aromatic ring is 1. The number of aryl methyl sites for hydroxylation is 1. The van der Waals surface area contributed by atoms with Gasteiger partial charge in [-0.25, -0.2) is 0 Å². The molecule has 0 aromatic heterocycles. The zero-order valence-electron chi connectivity index (χ0n) is 20.7. The summed E-state index contributed by atoms with van der Waals surface area (Å²) >= 11 is 0. The van der Waals surface area contributed by atoms with Crippen molar-refractivity contribution in [2.24, 2.45) is 0 Å². The molecule has 164 valence electrons. The summed E-state index contributed by atoms with van der Waals surface area (Å²) in [5.41, 5.74) is 10.9. The van der Waals surface area contributed by atoms with Crippen molar-refractivity contribution < 1.29 is 0 Å². The average Bonchev–Trinajstić information content (AvgIpc) is 2.73. The van der Waals surface area contributed by atoms with Gasteiger partial charge in [0.15, 0.2) is 0 Å². The van der Waals surface area contributed by atoms with E-state index in [2.05, 4.69) is 102 Å². The van der Waals surface area contributed by atoms with Crippen molar-refractivity contribution in [3.8, 4) is 0 Å². The van der Waals surface area contributed by atoms with Crippen LogP contribution in [0.1, 0.15) is 72.1 Å². The Morgan fingerprint density at radius 1 is 0.500 bits per heavy atom. The number of nitrogens with two attached hydrogens (primary N) is 1. The SMILES string of the molecule is CC.CC(C)(C)c1ccccc1.CC(C)(C)c1ccccc1.Cc1ccc(N)cc1. The highest BCUT2D eigenvalue weighted by Crippen LogP contribution is 2.21. The lowest BCUT2D eigenvalue weighted by Crippen LogP contribution is -2.10. The van der Waals surface area contributed by atoms with E-state index < -0.39 is 0 Å². The zero-order chi connectivity index (χ0) is 23.2. The van der Waals surface area contributed by atoms with Gasteiger partial charge in [-0.3, -0.25) is 0 Å². The van der Waals surface area contributed by atoms with Crippen LogP contribution in [0.5, 0.6) is 0 Å². The molecule has 0 amide bonds. The van der Waals surface area contributed by atoms with Crippen LogP contribution in [0.25, 0.3) is 0 Å². The number of benzene rings is 3. The highest BCUT2D eigenvalue weighted by Gasteiger charge is 2.12. The lowest BCUT2D eigenvalue weighted by molar-refractivity contribution is 0.590. The molecule has 0 saturated heterocycles. The third-order valence-electron chi connectivity index (χ3n) is 4.36. The first-order chi connectivity index (χ1) is 14.0. The second-order valence-corrected chi connectivity index (χ2v) is 9.14. The smallest absolute Gasteiger partial charge is 0.0314 e. The molecule has 0 aliphatic rings. The first-order valence-electron chi connectivity index (χ1n) is 10.9. The maximum absolute atomic E-state index is 5.43. The predicted molar refractivity (Wildman–Crippen MR) is 137 cm³/mol. The average molecular weight is 406 g/mol. The van der Waals surface area contributed by atoms with Crippen LogP contribution in [-0.2, 0) is 10.8 Å². The van der Waals surface area contributed by atoms with E-state index in [1.165, 1.54) is 16.7 Å². The molecule has 0 spiro atoms. The Hall–Kier alpha value is -2.54. The van der Waals surface area contributed by atoms with Crippen LogP contribution >= 0.6 is 0 Å². The molecule has 0 heterocycles. The van der Waals surface area contributed by atoms with Crippen LogP contribution in [0.15, 0.2) is 84.9 Å². The minimum absolute atomic E-state index is 0.293. The minimum Gasteiger partial charge on any atom is -0.399 e. The standard InChI is InChI=1S/2C10H14.C7H9N.C2H6/c2*1-10(2,3)9-7-5-4-6-8-9;1-6-2-4-7(8)5-3-6;1-2/h2*4-8H,1-3H3;2-5H,8H2,1H3;1-2H3. The van der Waals surface area contributed by atoms with Crippen LogP contribution in [0.2, 0.25) is 0 Å². The Morgan fingerprint density at radius 3 is 1.00 bits per heavy atom. The summed E-state index contributed by atoms with van der Waals surface area (Å²) in [6, 6.07) is 28.9. The van der Waals surface area contributed by atoms with Crippen molar-refractivity contribution in [2.45, 2.75) is 73.1 Å². The van der Waals surface area contributed by atoms with E-state index in [0.717, 1.165) is 5.69 Å². The Bertz CT molecular complexity index is 703. The van der Waals surface area contributed by atoms with Gasteiger partial charge in [-0.2, -0.15) is 0 Å². The first-order valence-corrected chi connectivity index (χ1v) is 10.9. The molecular formula is C29H43N. The van der Waals surface area contributed by atoms with Crippen molar-refractivity contribution in [2.75, 3.05) is 5.73 Å². The van der Waals surface area contributed by atoms with E-state index in [0.29, 0.717) is 10.8 Å². The monoisotopic (exact) mass is 405 g/mol. The predicted octanol–water partition coefficient (Wildman–Crippen LogP) is 8.57. The second kappa shape index (κ2) is 13.6. The van der Waals surface area contributed by atoms with Crippen LogP contribution < -0.4 is 5.73 Å². The van der Waals surface area contributed by atoms with Crippen molar-refractivity contribution in [3.05, 3.63) is 102 Å². The molecule has 0 bridgehead atoms. The summed E-state index contributed by atoms with van der Waals surface area (Å²) in [5.74, 6) is 0. The summed E-state index contributed by atoms with van der Waals surface area (Å²) in [6.45, 7) is 19.4. The van der Waals surface area contributed by atoms with Gasteiger partial charge in [-0.05, 0) is 41.0 Å². The topological polar surface area (TPSA) is 26.0 Å². The molecule has 0 fully saturated rings. The minimum atomic E-state index is 0.293. The van der Waals surface area contributed by atoms with Gasteiger partial charge in [0.05, 0.1) is 0 Å². The van der Waals surface area contributed by atoms with Crippen LogP contribution in [0.3, 0.4) is 0 Å². The van der Waals surface area contributed by atoms with Gasteiger partial charge in [-0.15, -0.1) is 0 Å². The van der Waals surface area contributed by atoms with Gasteiger partial charge in [-0.1, -0.05) is 134 Å². The zero-order valence-corrected chi connectivity index (χ0v) is 20.7. The summed E-state index contributed by atoms with van der Waals surface area (Å²) in [5, 5.41) is 0. The summed E-state index contributed by atoms with van der Waals surface area (Å²) in [4.78, 5) is 0. The van der Waals surface area contributed by atoms with Gasteiger partial charge in [0, 0.05) is 5.69 Å². The van der Waals surface area contributed by atoms with E-state index in [4.69, 9.17) is 5.73 Å². The fourth-order valence-electron chi connectivity index (χ4n) is 2.44. The molecule has 0 atom stereocenters. The lowest BCUT2D eigenvalue weighted by atomic mass is 9.87. The van der Waals surface area contributed by atoms with E-state index in [1.807, 2.05) is 45.0 Å². The molecule has 0 saturated carbocycles. The third kappa shape index (κ3) is 12.1. The lowest BCUT2D eigenvalue weighted by Gasteiger charge is -2.18. The Labute approximate surface area is 186 Å². The highest BCUT2D eigenvalue weighted by molar-refractivity contribution is 5.38. The summed E-state index contributed by atoms with van der Waals surface area (Å²) in [7, 11) is 0. The molecule has 1 nitrogen and oxygen atoms in total.